The zero-order valence-electron chi connectivity index (χ0n) is 15.2. The van der Waals surface area contributed by atoms with E-state index in [1.54, 1.807) is 11.3 Å². The fraction of sp³-hybridized carbons (Fsp3) is 0.263. The Kier molecular flexibility index (Phi) is 4.16. The molecule has 4 rings (SSSR count). The van der Waals surface area contributed by atoms with Crippen molar-refractivity contribution in [2.45, 2.75) is 34.1 Å². The van der Waals surface area contributed by atoms with Crippen LogP contribution in [0.25, 0.3) is 4.96 Å². The Bertz CT molecular complexity index is 1080. The standard InChI is InChI=1S/C19H20N6S/c1-11-16(10-15-8-6-5-7-9-15)17(21-14(4)20-11)22-18-23-19-25(24-18)12(2)13(3)26-19/h5-9H,10H2,1-4H3,(H,20,21,22,24). The predicted molar refractivity (Wildman–Crippen MR) is 104 cm³/mol. The molecule has 0 spiro atoms. The molecule has 0 saturated heterocycles. The van der Waals surface area contributed by atoms with Gasteiger partial charge in [0.25, 0.3) is 0 Å². The highest BCUT2D eigenvalue weighted by atomic mass is 32.1. The fourth-order valence-corrected chi connectivity index (χ4v) is 3.86. The number of benzene rings is 1. The van der Waals surface area contributed by atoms with Gasteiger partial charge in [-0.25, -0.2) is 14.5 Å². The first-order chi connectivity index (χ1) is 12.5. The van der Waals surface area contributed by atoms with Crippen LogP contribution in [0.5, 0.6) is 0 Å². The number of fused-ring (bicyclic) bond motifs is 1. The van der Waals surface area contributed by atoms with Crippen LogP contribution in [-0.4, -0.2) is 24.6 Å². The van der Waals surface area contributed by atoms with E-state index in [0.717, 1.165) is 40.0 Å². The van der Waals surface area contributed by atoms with E-state index in [1.807, 2.05) is 36.6 Å². The van der Waals surface area contributed by atoms with Gasteiger partial charge in [0, 0.05) is 22.6 Å². The molecule has 3 heterocycles. The summed E-state index contributed by atoms with van der Waals surface area (Å²) in [6, 6.07) is 10.3. The molecule has 0 unspecified atom stereocenters. The van der Waals surface area contributed by atoms with Gasteiger partial charge in [0.1, 0.15) is 11.6 Å². The molecule has 7 heteroatoms. The lowest BCUT2D eigenvalue weighted by atomic mass is 10.0. The second kappa shape index (κ2) is 6.49. The van der Waals surface area contributed by atoms with Gasteiger partial charge in [-0.2, -0.15) is 4.98 Å². The van der Waals surface area contributed by atoms with E-state index in [2.05, 4.69) is 51.3 Å². The Balaban J connectivity index is 1.72. The van der Waals surface area contributed by atoms with Crippen LogP contribution in [0.3, 0.4) is 0 Å². The molecule has 3 aromatic heterocycles. The van der Waals surface area contributed by atoms with Crippen LogP contribution in [0.2, 0.25) is 0 Å². The summed E-state index contributed by atoms with van der Waals surface area (Å²) in [6.07, 6.45) is 0.760. The zero-order valence-corrected chi connectivity index (χ0v) is 16.1. The number of aryl methyl sites for hydroxylation is 4. The Morgan fingerprint density at radius 3 is 2.50 bits per heavy atom. The molecular weight excluding hydrogens is 344 g/mol. The number of anilines is 2. The number of hydrogen-bond donors (Lipinski definition) is 1. The van der Waals surface area contributed by atoms with Gasteiger partial charge in [-0.1, -0.05) is 41.7 Å². The van der Waals surface area contributed by atoms with Crippen molar-refractivity contribution in [3.63, 3.8) is 0 Å². The Labute approximate surface area is 156 Å². The number of thiazole rings is 1. The molecule has 0 amide bonds. The molecular formula is C19H20N6S. The SMILES string of the molecule is Cc1nc(C)c(Cc2ccccc2)c(Nc2nc3sc(C)c(C)n3n2)n1. The van der Waals surface area contributed by atoms with E-state index in [9.17, 15) is 0 Å². The van der Waals surface area contributed by atoms with Gasteiger partial charge in [0.05, 0.1) is 5.69 Å². The molecule has 0 aliphatic carbocycles. The van der Waals surface area contributed by atoms with Crippen LogP contribution in [0.15, 0.2) is 30.3 Å². The summed E-state index contributed by atoms with van der Waals surface area (Å²) in [4.78, 5) is 15.9. The quantitative estimate of drug-likeness (QED) is 0.589. The maximum atomic E-state index is 4.61. The van der Waals surface area contributed by atoms with Crippen LogP contribution in [0.1, 0.15) is 33.2 Å². The summed E-state index contributed by atoms with van der Waals surface area (Å²) in [6.45, 7) is 8.05. The summed E-state index contributed by atoms with van der Waals surface area (Å²) >= 11 is 1.64. The molecule has 0 saturated carbocycles. The zero-order chi connectivity index (χ0) is 18.3. The van der Waals surface area contributed by atoms with E-state index < -0.39 is 0 Å². The van der Waals surface area contributed by atoms with Crippen LogP contribution >= 0.6 is 11.3 Å². The van der Waals surface area contributed by atoms with Crippen molar-refractivity contribution in [2.24, 2.45) is 0 Å². The minimum Gasteiger partial charge on any atom is -0.307 e. The van der Waals surface area contributed by atoms with Gasteiger partial charge < -0.3 is 5.32 Å². The number of hydrogen-bond acceptors (Lipinski definition) is 6. The first-order valence-electron chi connectivity index (χ1n) is 8.49. The van der Waals surface area contributed by atoms with Crippen LogP contribution < -0.4 is 5.32 Å². The molecule has 0 fully saturated rings. The maximum absolute atomic E-state index is 4.61. The minimum absolute atomic E-state index is 0.561. The first kappa shape index (κ1) is 16.7. The molecule has 132 valence electrons. The number of aromatic nitrogens is 5. The van der Waals surface area contributed by atoms with Gasteiger partial charge >= 0.3 is 0 Å². The minimum atomic E-state index is 0.561. The molecule has 0 bridgehead atoms. The van der Waals surface area contributed by atoms with Crippen molar-refractivity contribution in [3.05, 3.63) is 63.5 Å². The van der Waals surface area contributed by atoms with Crippen molar-refractivity contribution >= 4 is 28.1 Å². The third-order valence-corrected chi connectivity index (χ3v) is 5.48. The highest BCUT2D eigenvalue weighted by molar-refractivity contribution is 7.17. The van der Waals surface area contributed by atoms with Crippen molar-refractivity contribution in [2.75, 3.05) is 5.32 Å². The topological polar surface area (TPSA) is 68.0 Å². The largest absolute Gasteiger partial charge is 0.307 e. The predicted octanol–water partition coefficient (Wildman–Crippen LogP) is 4.15. The maximum Gasteiger partial charge on any atom is 0.249 e. The number of rotatable bonds is 4. The summed E-state index contributed by atoms with van der Waals surface area (Å²) in [7, 11) is 0. The molecule has 0 aliphatic heterocycles. The average molecular weight is 364 g/mol. The van der Waals surface area contributed by atoms with Crippen molar-refractivity contribution in [3.8, 4) is 0 Å². The number of nitrogens with one attached hydrogen (secondary N) is 1. The molecule has 26 heavy (non-hydrogen) atoms. The summed E-state index contributed by atoms with van der Waals surface area (Å²) < 4.78 is 1.88. The molecule has 0 atom stereocenters. The van der Waals surface area contributed by atoms with Gasteiger partial charge in [-0.15, -0.1) is 5.10 Å². The van der Waals surface area contributed by atoms with E-state index in [-0.39, 0.29) is 0 Å². The third-order valence-electron chi connectivity index (χ3n) is 4.43. The van der Waals surface area contributed by atoms with Gasteiger partial charge in [0.15, 0.2) is 0 Å². The average Bonchev–Trinajstić information content (AvgIpc) is 3.11. The lowest BCUT2D eigenvalue weighted by Crippen LogP contribution is -2.07. The second-order valence-electron chi connectivity index (χ2n) is 6.34. The highest BCUT2D eigenvalue weighted by Gasteiger charge is 2.15. The smallest absolute Gasteiger partial charge is 0.249 e. The Morgan fingerprint density at radius 1 is 1.00 bits per heavy atom. The van der Waals surface area contributed by atoms with E-state index in [0.29, 0.717) is 5.95 Å². The van der Waals surface area contributed by atoms with Crippen molar-refractivity contribution < 1.29 is 0 Å². The van der Waals surface area contributed by atoms with E-state index in [4.69, 9.17) is 0 Å². The normalized spacial score (nSPS) is 11.2. The van der Waals surface area contributed by atoms with Gasteiger partial charge in [-0.05, 0) is 33.3 Å². The molecule has 0 radical (unpaired) electrons. The van der Waals surface area contributed by atoms with Gasteiger partial charge in [-0.3, -0.25) is 0 Å². The Morgan fingerprint density at radius 2 is 1.77 bits per heavy atom. The second-order valence-corrected chi connectivity index (χ2v) is 7.53. The van der Waals surface area contributed by atoms with Crippen LogP contribution in [-0.2, 0) is 6.42 Å². The van der Waals surface area contributed by atoms with Crippen LogP contribution in [0.4, 0.5) is 11.8 Å². The van der Waals surface area contributed by atoms with Crippen molar-refractivity contribution in [1.82, 2.24) is 24.6 Å². The molecule has 1 N–H and O–H groups in total. The molecule has 0 aliphatic rings. The first-order valence-corrected chi connectivity index (χ1v) is 9.30. The third kappa shape index (κ3) is 3.06. The van der Waals surface area contributed by atoms with E-state index in [1.165, 1.54) is 10.4 Å². The van der Waals surface area contributed by atoms with Crippen LogP contribution in [0, 0.1) is 27.7 Å². The molecule has 4 aromatic rings. The fourth-order valence-electron chi connectivity index (χ4n) is 2.95. The Hall–Kier alpha value is -2.80. The van der Waals surface area contributed by atoms with E-state index >= 15 is 0 Å². The lowest BCUT2D eigenvalue weighted by molar-refractivity contribution is 0.921. The lowest BCUT2D eigenvalue weighted by Gasteiger charge is -2.12. The number of nitrogens with zero attached hydrogens (tertiary/aromatic N) is 5. The highest BCUT2D eigenvalue weighted by Crippen LogP contribution is 2.25. The van der Waals surface area contributed by atoms with Gasteiger partial charge in [0.2, 0.25) is 10.9 Å². The summed E-state index contributed by atoms with van der Waals surface area (Å²) in [5.74, 6) is 2.06. The monoisotopic (exact) mass is 364 g/mol. The summed E-state index contributed by atoms with van der Waals surface area (Å²) in [5, 5.41) is 7.89. The molecule has 1 aromatic carbocycles. The molecule has 6 nitrogen and oxygen atoms in total. The summed E-state index contributed by atoms with van der Waals surface area (Å²) in [5.41, 5.74) is 4.37. The van der Waals surface area contributed by atoms with Crippen molar-refractivity contribution in [1.29, 1.82) is 0 Å².